The van der Waals surface area contributed by atoms with Crippen molar-refractivity contribution in [1.82, 2.24) is 9.97 Å². The lowest BCUT2D eigenvalue weighted by Gasteiger charge is -2.29. The van der Waals surface area contributed by atoms with Gasteiger partial charge < -0.3 is 15.0 Å². The number of fused-ring (bicyclic) bond motifs is 1. The molecule has 3 aromatic rings. The summed E-state index contributed by atoms with van der Waals surface area (Å²) in [5.74, 6) is 2.11. The second-order valence-corrected chi connectivity index (χ2v) is 9.36. The van der Waals surface area contributed by atoms with Crippen LogP contribution in [0.4, 0.5) is 20.3 Å². The zero-order chi connectivity index (χ0) is 23.7. The fraction of sp³-hybridized carbons (Fsp3) is 0.320. The van der Waals surface area contributed by atoms with Gasteiger partial charge in [-0.1, -0.05) is 18.2 Å². The third-order valence-corrected chi connectivity index (χ3v) is 7.07. The molecule has 0 aliphatic carbocycles. The van der Waals surface area contributed by atoms with Gasteiger partial charge in [0.05, 0.1) is 23.8 Å². The van der Waals surface area contributed by atoms with E-state index in [1.807, 2.05) is 19.1 Å². The van der Waals surface area contributed by atoms with Crippen molar-refractivity contribution in [2.75, 3.05) is 42.3 Å². The Morgan fingerprint density at radius 2 is 1.97 bits per heavy atom. The minimum atomic E-state index is -2.63. The maximum Gasteiger partial charge on any atom is 0.263 e. The molecule has 0 saturated carbocycles. The quantitative estimate of drug-likeness (QED) is 0.544. The summed E-state index contributed by atoms with van der Waals surface area (Å²) in [6, 6.07) is 11.0. The number of rotatable bonds is 5. The molecule has 0 unspecified atom stereocenters. The van der Waals surface area contributed by atoms with E-state index in [1.54, 1.807) is 17.8 Å². The van der Waals surface area contributed by atoms with Crippen LogP contribution in [0.5, 0.6) is 0 Å². The smallest absolute Gasteiger partial charge is 0.263 e. The van der Waals surface area contributed by atoms with Gasteiger partial charge in [0, 0.05) is 47.6 Å². The van der Waals surface area contributed by atoms with Gasteiger partial charge in [-0.15, -0.1) is 11.8 Å². The standard InChI is InChI=1S/C25H24F2N4O2S/c1-15-5-6-18(28-25(32)17-4-2-3-16(13-17)22(26)27)14-19(15)23-29-20-7-12-34-21(20)24(30-23)31-8-10-33-11-9-31/h2-6,13-14,22H,7-12H2,1H3,(H,28,32). The zero-order valence-corrected chi connectivity index (χ0v) is 19.5. The van der Waals surface area contributed by atoms with Gasteiger partial charge in [0.15, 0.2) is 5.82 Å². The van der Waals surface area contributed by atoms with Crippen LogP contribution in [0, 0.1) is 6.92 Å². The van der Waals surface area contributed by atoms with Crippen LogP contribution < -0.4 is 10.2 Å². The van der Waals surface area contributed by atoms with Gasteiger partial charge in [-0.2, -0.15) is 0 Å². The lowest BCUT2D eigenvalue weighted by Crippen LogP contribution is -2.37. The van der Waals surface area contributed by atoms with Gasteiger partial charge in [-0.25, -0.2) is 18.7 Å². The number of hydrogen-bond donors (Lipinski definition) is 1. The highest BCUT2D eigenvalue weighted by Crippen LogP contribution is 2.39. The number of ether oxygens (including phenoxy) is 1. The fourth-order valence-corrected chi connectivity index (χ4v) is 5.24. The Balaban J connectivity index is 1.46. The van der Waals surface area contributed by atoms with Crippen LogP contribution >= 0.6 is 11.8 Å². The SMILES string of the molecule is Cc1ccc(NC(=O)c2cccc(C(F)F)c2)cc1-c1nc2c(c(N3CCOCC3)n1)SCC2. The maximum absolute atomic E-state index is 13.0. The Kier molecular flexibility index (Phi) is 6.47. The van der Waals surface area contributed by atoms with Gasteiger partial charge in [0.1, 0.15) is 5.82 Å². The number of amides is 1. The van der Waals surface area contributed by atoms with E-state index in [0.29, 0.717) is 24.7 Å². The van der Waals surface area contributed by atoms with Crippen molar-refractivity contribution in [3.63, 3.8) is 0 Å². The topological polar surface area (TPSA) is 67.4 Å². The molecule has 0 spiro atoms. The van der Waals surface area contributed by atoms with Crippen LogP contribution in [0.2, 0.25) is 0 Å². The molecule has 2 aliphatic heterocycles. The van der Waals surface area contributed by atoms with Crippen molar-refractivity contribution in [3.05, 3.63) is 64.8 Å². The van der Waals surface area contributed by atoms with Gasteiger partial charge >= 0.3 is 0 Å². The predicted molar refractivity (Wildman–Crippen MR) is 129 cm³/mol. The van der Waals surface area contributed by atoms with Crippen molar-refractivity contribution in [2.24, 2.45) is 0 Å². The molecule has 5 rings (SSSR count). The van der Waals surface area contributed by atoms with Crippen molar-refractivity contribution in [1.29, 1.82) is 0 Å². The highest BCUT2D eigenvalue weighted by Gasteiger charge is 2.26. The van der Waals surface area contributed by atoms with E-state index in [2.05, 4.69) is 10.2 Å². The molecule has 1 aromatic heterocycles. The number of halogens is 2. The van der Waals surface area contributed by atoms with Gasteiger partial charge in [0.25, 0.3) is 12.3 Å². The van der Waals surface area contributed by atoms with E-state index in [0.717, 1.165) is 52.8 Å². The molecule has 3 heterocycles. The molecule has 0 radical (unpaired) electrons. The zero-order valence-electron chi connectivity index (χ0n) is 18.7. The highest BCUT2D eigenvalue weighted by molar-refractivity contribution is 7.99. The third kappa shape index (κ3) is 4.63. The molecule has 6 nitrogen and oxygen atoms in total. The monoisotopic (exact) mass is 482 g/mol. The number of carbonyl (C=O) groups is 1. The van der Waals surface area contributed by atoms with E-state index in [1.165, 1.54) is 24.3 Å². The van der Waals surface area contributed by atoms with Gasteiger partial charge in [-0.3, -0.25) is 4.79 Å². The summed E-state index contributed by atoms with van der Waals surface area (Å²) in [7, 11) is 0. The summed E-state index contributed by atoms with van der Waals surface area (Å²) in [5.41, 5.74) is 3.41. The molecule has 1 N–H and O–H groups in total. The number of benzene rings is 2. The van der Waals surface area contributed by atoms with E-state index in [9.17, 15) is 13.6 Å². The first-order chi connectivity index (χ1) is 16.5. The Labute approximate surface area is 200 Å². The first-order valence-corrected chi connectivity index (χ1v) is 12.1. The number of alkyl halides is 2. The van der Waals surface area contributed by atoms with Crippen LogP contribution in [-0.4, -0.2) is 47.9 Å². The number of nitrogens with one attached hydrogen (secondary N) is 1. The molecule has 9 heteroatoms. The number of aromatic nitrogens is 2. The fourth-order valence-electron chi connectivity index (χ4n) is 4.12. The summed E-state index contributed by atoms with van der Waals surface area (Å²) in [6.07, 6.45) is -1.74. The van der Waals surface area contributed by atoms with Crippen LogP contribution in [0.25, 0.3) is 11.4 Å². The van der Waals surface area contributed by atoms with Crippen LogP contribution in [0.3, 0.4) is 0 Å². The summed E-state index contributed by atoms with van der Waals surface area (Å²) in [6.45, 7) is 4.90. The average Bonchev–Trinajstić information content (AvgIpc) is 3.34. The maximum atomic E-state index is 13.0. The van der Waals surface area contributed by atoms with Crippen molar-refractivity contribution in [3.8, 4) is 11.4 Å². The van der Waals surface area contributed by atoms with Crippen molar-refractivity contribution in [2.45, 2.75) is 24.7 Å². The minimum absolute atomic E-state index is 0.181. The number of carbonyl (C=O) groups excluding carboxylic acids is 1. The first-order valence-electron chi connectivity index (χ1n) is 11.2. The lowest BCUT2D eigenvalue weighted by molar-refractivity contribution is 0.102. The lowest BCUT2D eigenvalue weighted by atomic mass is 10.1. The number of nitrogens with zero attached hydrogens (tertiary/aromatic N) is 3. The van der Waals surface area contributed by atoms with Gasteiger partial charge in [-0.05, 0) is 36.8 Å². The summed E-state index contributed by atoms with van der Waals surface area (Å²) in [5, 5.41) is 2.82. The Morgan fingerprint density at radius 3 is 2.76 bits per heavy atom. The molecule has 2 aliphatic rings. The van der Waals surface area contributed by atoms with E-state index >= 15 is 0 Å². The Bertz CT molecular complexity index is 1230. The molecular formula is C25H24F2N4O2S. The number of anilines is 2. The molecule has 176 valence electrons. The van der Waals surface area contributed by atoms with Gasteiger partial charge in [0.2, 0.25) is 0 Å². The second kappa shape index (κ2) is 9.68. The highest BCUT2D eigenvalue weighted by atomic mass is 32.2. The number of morpholine rings is 1. The third-order valence-electron chi connectivity index (χ3n) is 5.95. The Hall–Kier alpha value is -3.04. The largest absolute Gasteiger partial charge is 0.378 e. The summed E-state index contributed by atoms with van der Waals surface area (Å²) in [4.78, 5) is 25.9. The van der Waals surface area contributed by atoms with E-state index < -0.39 is 12.3 Å². The average molecular weight is 483 g/mol. The number of thioether (sulfide) groups is 1. The van der Waals surface area contributed by atoms with E-state index in [-0.39, 0.29) is 11.1 Å². The molecule has 0 bridgehead atoms. The second-order valence-electron chi connectivity index (χ2n) is 8.25. The number of aryl methyl sites for hydroxylation is 2. The Morgan fingerprint density at radius 1 is 1.15 bits per heavy atom. The predicted octanol–water partition coefficient (Wildman–Crippen LogP) is 5.13. The number of hydrogen-bond acceptors (Lipinski definition) is 6. The molecule has 1 amide bonds. The molecular weight excluding hydrogens is 458 g/mol. The summed E-state index contributed by atoms with van der Waals surface area (Å²) < 4.78 is 31.6. The van der Waals surface area contributed by atoms with Crippen LogP contribution in [-0.2, 0) is 11.2 Å². The van der Waals surface area contributed by atoms with Crippen LogP contribution in [0.1, 0.15) is 33.6 Å². The van der Waals surface area contributed by atoms with Crippen LogP contribution in [0.15, 0.2) is 47.4 Å². The molecule has 0 atom stereocenters. The van der Waals surface area contributed by atoms with E-state index in [4.69, 9.17) is 14.7 Å². The molecule has 34 heavy (non-hydrogen) atoms. The molecule has 2 aromatic carbocycles. The minimum Gasteiger partial charge on any atom is -0.378 e. The van der Waals surface area contributed by atoms with Crippen molar-refractivity contribution < 1.29 is 18.3 Å². The van der Waals surface area contributed by atoms with Crippen molar-refractivity contribution >= 4 is 29.2 Å². The molecule has 1 saturated heterocycles. The molecule has 1 fully saturated rings. The normalized spacial score (nSPS) is 15.5. The first kappa shape index (κ1) is 22.7. The summed E-state index contributed by atoms with van der Waals surface area (Å²) >= 11 is 1.79.